The molecule has 1 aromatic carbocycles. The van der Waals surface area contributed by atoms with Crippen molar-refractivity contribution < 1.29 is 19.2 Å². The number of carbonyl (C=O) groups is 3. The van der Waals surface area contributed by atoms with Crippen molar-refractivity contribution >= 4 is 17.8 Å². The minimum atomic E-state index is -1.08. The Morgan fingerprint density at radius 2 is 1.77 bits per heavy atom. The van der Waals surface area contributed by atoms with Crippen LogP contribution in [0.2, 0.25) is 0 Å². The first kappa shape index (κ1) is 14.0. The third-order valence-corrected chi connectivity index (χ3v) is 3.61. The van der Waals surface area contributed by atoms with Crippen LogP contribution in [-0.2, 0) is 15.0 Å². The summed E-state index contributed by atoms with van der Waals surface area (Å²) in [6.45, 7) is 3.22. The zero-order valence-corrected chi connectivity index (χ0v) is 12.0. The second kappa shape index (κ2) is 4.80. The van der Waals surface area contributed by atoms with Gasteiger partial charge in [0.1, 0.15) is 5.41 Å². The van der Waals surface area contributed by atoms with E-state index in [0.29, 0.717) is 10.8 Å². The van der Waals surface area contributed by atoms with Crippen LogP contribution in [0.15, 0.2) is 36.8 Å². The van der Waals surface area contributed by atoms with Crippen LogP contribution in [0.4, 0.5) is 0 Å². The minimum Gasteiger partial charge on any atom is -0.348 e. The lowest BCUT2D eigenvalue weighted by Crippen LogP contribution is -2.40. The highest BCUT2D eigenvalue weighted by atomic mass is 16.7. The molecule has 0 radical (unpaired) electrons. The zero-order valence-electron chi connectivity index (χ0n) is 12.0. The molecule has 0 unspecified atom stereocenters. The first-order valence-electron chi connectivity index (χ1n) is 6.62. The number of aromatic amines is 1. The molecule has 112 valence electrons. The number of hydrogen-bond donors (Lipinski definition) is 1. The molecule has 0 fully saturated rings. The molecule has 1 aliphatic rings. The highest BCUT2D eigenvalue weighted by Gasteiger charge is 2.42. The van der Waals surface area contributed by atoms with Gasteiger partial charge in [-0.2, -0.15) is 0 Å². The Kier molecular flexibility index (Phi) is 3.05. The van der Waals surface area contributed by atoms with E-state index in [4.69, 9.17) is 4.84 Å². The Balaban J connectivity index is 1.85. The van der Waals surface area contributed by atoms with Crippen LogP contribution < -0.4 is 0 Å². The lowest BCUT2D eigenvalue weighted by atomic mass is 9.90. The van der Waals surface area contributed by atoms with E-state index in [2.05, 4.69) is 9.97 Å². The molecule has 0 aliphatic carbocycles. The molecular formula is C15H13N3O4. The molecule has 0 bridgehead atoms. The zero-order chi connectivity index (χ0) is 15.9. The Morgan fingerprint density at radius 3 is 2.27 bits per heavy atom. The van der Waals surface area contributed by atoms with Crippen LogP contribution in [0.5, 0.6) is 0 Å². The van der Waals surface area contributed by atoms with Crippen LogP contribution in [0.1, 0.15) is 40.3 Å². The molecule has 7 heteroatoms. The number of carbonyl (C=O) groups excluding carboxylic acids is 3. The summed E-state index contributed by atoms with van der Waals surface area (Å²) in [5, 5.41) is 0.505. The molecule has 2 aromatic rings. The van der Waals surface area contributed by atoms with E-state index in [1.54, 1.807) is 26.0 Å². The molecule has 2 amide bonds. The third kappa shape index (κ3) is 1.98. The molecule has 2 heterocycles. The van der Waals surface area contributed by atoms with Crippen molar-refractivity contribution in [3.8, 4) is 0 Å². The number of hydrogen-bond acceptors (Lipinski definition) is 5. The summed E-state index contributed by atoms with van der Waals surface area (Å²) < 4.78 is 0. The molecule has 1 N–H and O–H groups in total. The molecule has 22 heavy (non-hydrogen) atoms. The second-order valence-corrected chi connectivity index (χ2v) is 5.42. The van der Waals surface area contributed by atoms with Crippen LogP contribution in [0.25, 0.3) is 0 Å². The average Bonchev–Trinajstić information content (AvgIpc) is 3.12. The lowest BCUT2D eigenvalue weighted by Gasteiger charge is -2.23. The predicted octanol–water partition coefficient (Wildman–Crippen LogP) is 1.44. The highest BCUT2D eigenvalue weighted by Crippen LogP contribution is 2.27. The van der Waals surface area contributed by atoms with Gasteiger partial charge in [-0.1, -0.05) is 17.2 Å². The van der Waals surface area contributed by atoms with Gasteiger partial charge in [0.15, 0.2) is 0 Å². The van der Waals surface area contributed by atoms with Gasteiger partial charge in [0.2, 0.25) is 0 Å². The molecular weight excluding hydrogens is 286 g/mol. The van der Waals surface area contributed by atoms with Crippen molar-refractivity contribution in [3.63, 3.8) is 0 Å². The molecule has 1 aliphatic heterocycles. The number of imide groups is 1. The van der Waals surface area contributed by atoms with E-state index in [0.717, 1.165) is 0 Å². The van der Waals surface area contributed by atoms with Gasteiger partial charge in [-0.25, -0.2) is 9.78 Å². The fourth-order valence-corrected chi connectivity index (χ4v) is 2.15. The van der Waals surface area contributed by atoms with Crippen molar-refractivity contribution in [3.05, 3.63) is 53.6 Å². The smallest absolute Gasteiger partial charge is 0.344 e. The molecule has 0 atom stereocenters. The Morgan fingerprint density at radius 1 is 1.18 bits per heavy atom. The Hall–Kier alpha value is -2.96. The number of rotatable bonds is 3. The minimum absolute atomic E-state index is 0.222. The number of benzene rings is 1. The van der Waals surface area contributed by atoms with Crippen LogP contribution in [0, 0.1) is 0 Å². The maximum Gasteiger partial charge on any atom is 0.344 e. The van der Waals surface area contributed by atoms with Gasteiger partial charge in [0.05, 0.1) is 23.1 Å². The Labute approximate surface area is 125 Å². The van der Waals surface area contributed by atoms with Gasteiger partial charge in [0, 0.05) is 6.20 Å². The average molecular weight is 299 g/mol. The molecule has 3 rings (SSSR count). The summed E-state index contributed by atoms with van der Waals surface area (Å²) in [4.78, 5) is 48.4. The van der Waals surface area contributed by atoms with Crippen molar-refractivity contribution in [2.75, 3.05) is 0 Å². The van der Waals surface area contributed by atoms with Crippen molar-refractivity contribution in [1.29, 1.82) is 0 Å². The van der Waals surface area contributed by atoms with Crippen LogP contribution in [-0.4, -0.2) is 32.8 Å². The quantitative estimate of drug-likeness (QED) is 0.866. The first-order chi connectivity index (χ1) is 10.4. The van der Waals surface area contributed by atoms with Gasteiger partial charge < -0.3 is 9.82 Å². The van der Waals surface area contributed by atoms with Gasteiger partial charge in [0.25, 0.3) is 11.8 Å². The summed E-state index contributed by atoms with van der Waals surface area (Å²) in [6, 6.07) is 6.32. The summed E-state index contributed by atoms with van der Waals surface area (Å²) in [5.74, 6) is -2.02. The molecule has 0 spiro atoms. The van der Waals surface area contributed by atoms with Crippen molar-refractivity contribution in [1.82, 2.24) is 15.0 Å². The summed E-state index contributed by atoms with van der Waals surface area (Å²) in [6.07, 6.45) is 2.93. The van der Waals surface area contributed by atoms with Crippen molar-refractivity contribution in [2.45, 2.75) is 19.3 Å². The molecule has 0 saturated carbocycles. The number of nitrogens with zero attached hydrogens (tertiary/aromatic N) is 2. The largest absolute Gasteiger partial charge is 0.348 e. The van der Waals surface area contributed by atoms with Gasteiger partial charge in [-0.3, -0.25) is 9.59 Å². The molecule has 1 aromatic heterocycles. The molecule has 7 nitrogen and oxygen atoms in total. The van der Waals surface area contributed by atoms with E-state index in [9.17, 15) is 14.4 Å². The second-order valence-electron chi connectivity index (χ2n) is 5.42. The topological polar surface area (TPSA) is 92.4 Å². The van der Waals surface area contributed by atoms with E-state index < -0.39 is 23.2 Å². The number of aromatic nitrogens is 2. The molecule has 0 saturated heterocycles. The SMILES string of the molecule is CC(C)(C(=O)ON1C(=O)c2ccccc2C1=O)c1cnc[nH]1. The number of H-pyrrole nitrogens is 1. The van der Waals surface area contributed by atoms with E-state index in [1.165, 1.54) is 24.7 Å². The van der Waals surface area contributed by atoms with E-state index in [1.807, 2.05) is 0 Å². The van der Waals surface area contributed by atoms with Crippen LogP contribution >= 0.6 is 0 Å². The number of amides is 2. The first-order valence-corrected chi connectivity index (χ1v) is 6.62. The highest BCUT2D eigenvalue weighted by molar-refractivity contribution is 6.21. The van der Waals surface area contributed by atoms with E-state index in [-0.39, 0.29) is 11.1 Å². The van der Waals surface area contributed by atoms with E-state index >= 15 is 0 Å². The fraction of sp³-hybridized carbons (Fsp3) is 0.200. The summed E-state index contributed by atoms with van der Waals surface area (Å²) in [7, 11) is 0. The fourth-order valence-electron chi connectivity index (χ4n) is 2.15. The van der Waals surface area contributed by atoms with Crippen molar-refractivity contribution in [2.24, 2.45) is 0 Å². The maximum absolute atomic E-state index is 12.3. The van der Waals surface area contributed by atoms with Gasteiger partial charge >= 0.3 is 5.97 Å². The van der Waals surface area contributed by atoms with Gasteiger partial charge in [-0.15, -0.1) is 0 Å². The lowest BCUT2D eigenvalue weighted by molar-refractivity contribution is -0.174. The van der Waals surface area contributed by atoms with Crippen LogP contribution in [0.3, 0.4) is 0 Å². The Bertz CT molecular complexity index is 730. The number of fused-ring (bicyclic) bond motifs is 1. The number of hydroxylamine groups is 2. The monoisotopic (exact) mass is 299 g/mol. The summed E-state index contributed by atoms with van der Waals surface area (Å²) >= 11 is 0. The third-order valence-electron chi connectivity index (χ3n) is 3.61. The number of nitrogens with one attached hydrogen (secondary N) is 1. The standard InChI is InChI=1S/C15H13N3O4/c1-15(2,11-7-16-8-17-11)14(21)22-18-12(19)9-5-3-4-6-10(9)13(18)20/h3-8H,1-2H3,(H,16,17). The number of imidazole rings is 1. The maximum atomic E-state index is 12.3. The predicted molar refractivity (Wildman–Crippen MR) is 74.6 cm³/mol. The van der Waals surface area contributed by atoms with Gasteiger partial charge in [-0.05, 0) is 26.0 Å². The normalized spacial score (nSPS) is 14.2. The summed E-state index contributed by atoms with van der Waals surface area (Å²) in [5.41, 5.74) is -0.111.